The molecule has 18 heavy (non-hydrogen) atoms. The van der Waals surface area contributed by atoms with Crippen LogP contribution < -0.4 is 0 Å². The number of hydrogen-bond acceptors (Lipinski definition) is 5. The van der Waals surface area contributed by atoms with Crippen LogP contribution in [0.5, 0.6) is 0 Å². The van der Waals surface area contributed by atoms with Crippen molar-refractivity contribution in [3.8, 4) is 0 Å². The van der Waals surface area contributed by atoms with E-state index in [0.717, 1.165) is 5.82 Å². The van der Waals surface area contributed by atoms with Gasteiger partial charge in [0.2, 0.25) is 0 Å². The van der Waals surface area contributed by atoms with Gasteiger partial charge in [0.25, 0.3) is 0 Å². The molecule has 1 amide bonds. The van der Waals surface area contributed by atoms with Crippen LogP contribution in [-0.4, -0.2) is 44.4 Å². The molecule has 1 fully saturated rings. The molecule has 0 bridgehead atoms. The summed E-state index contributed by atoms with van der Waals surface area (Å²) in [6, 6.07) is 0. The third kappa shape index (κ3) is 2.60. The third-order valence-corrected chi connectivity index (χ3v) is 3.17. The van der Waals surface area contributed by atoms with Crippen molar-refractivity contribution in [2.45, 2.75) is 37.4 Å². The molecule has 2 rings (SSSR count). The lowest BCUT2D eigenvalue weighted by atomic mass is 10.00. The minimum atomic E-state index is -0.453. The Labute approximate surface area is 112 Å². The smallest absolute Gasteiger partial charge is 0.410 e. The topological polar surface area (TPSA) is 60.2 Å². The van der Waals surface area contributed by atoms with Crippen LogP contribution in [0.1, 0.15) is 32.5 Å². The lowest BCUT2D eigenvalue weighted by Gasteiger charge is -2.39. The van der Waals surface area contributed by atoms with Gasteiger partial charge in [-0.3, -0.25) is 0 Å². The van der Waals surface area contributed by atoms with Crippen molar-refractivity contribution in [1.82, 2.24) is 19.7 Å². The minimum absolute atomic E-state index is 0.218. The van der Waals surface area contributed by atoms with Gasteiger partial charge < -0.3 is 14.2 Å². The van der Waals surface area contributed by atoms with Gasteiger partial charge in [-0.15, -0.1) is 22.8 Å². The third-order valence-electron chi connectivity index (χ3n) is 2.78. The molecule has 0 unspecified atom stereocenters. The van der Waals surface area contributed by atoms with Crippen LogP contribution in [0.2, 0.25) is 0 Å². The van der Waals surface area contributed by atoms with Gasteiger partial charge in [0.1, 0.15) is 11.4 Å². The second-order valence-corrected chi connectivity index (χ2v) is 5.90. The average molecular weight is 270 g/mol. The second-order valence-electron chi connectivity index (χ2n) is 5.50. The predicted octanol–water partition coefficient (Wildman–Crippen LogP) is 1.44. The zero-order valence-corrected chi connectivity index (χ0v) is 11.9. The van der Waals surface area contributed by atoms with Gasteiger partial charge >= 0.3 is 6.09 Å². The van der Waals surface area contributed by atoms with E-state index in [1.54, 1.807) is 4.90 Å². The number of rotatable bonds is 1. The Morgan fingerprint density at radius 2 is 2.00 bits per heavy atom. The molecule has 0 saturated carbocycles. The van der Waals surface area contributed by atoms with Crippen molar-refractivity contribution in [3.05, 3.63) is 5.82 Å². The molecule has 1 aliphatic rings. The van der Waals surface area contributed by atoms with Crippen molar-refractivity contribution in [3.63, 3.8) is 0 Å². The fraction of sp³-hybridized carbons (Fsp3) is 0.727. The van der Waals surface area contributed by atoms with Crippen molar-refractivity contribution in [1.29, 1.82) is 0 Å². The Hall–Kier alpha value is -1.24. The fourth-order valence-corrected chi connectivity index (χ4v) is 1.95. The maximum atomic E-state index is 11.8. The maximum Gasteiger partial charge on any atom is 0.410 e. The van der Waals surface area contributed by atoms with Crippen LogP contribution in [0, 0.1) is 0 Å². The first-order chi connectivity index (χ1) is 8.28. The molecule has 100 valence electrons. The molecule has 2 heterocycles. The molecule has 0 atom stereocenters. The summed E-state index contributed by atoms with van der Waals surface area (Å²) in [6.07, 6.45) is -0.271. The summed E-state index contributed by atoms with van der Waals surface area (Å²) in [5.41, 5.74) is -0.453. The molecule has 1 aromatic heterocycles. The first-order valence-corrected chi connectivity index (χ1v) is 6.29. The number of aromatic nitrogens is 3. The summed E-state index contributed by atoms with van der Waals surface area (Å²) in [5, 5.41) is 8.54. The van der Waals surface area contributed by atoms with E-state index in [-0.39, 0.29) is 12.0 Å². The number of amides is 1. The molecule has 0 radical (unpaired) electrons. The van der Waals surface area contributed by atoms with Crippen LogP contribution in [-0.2, 0) is 11.8 Å². The van der Waals surface area contributed by atoms with E-state index in [2.05, 4.69) is 22.8 Å². The van der Waals surface area contributed by atoms with Gasteiger partial charge in [0.15, 0.2) is 5.16 Å². The normalized spacial score (nSPS) is 16.6. The number of likely N-dealkylation sites (tertiary alicyclic amines) is 1. The molecule has 0 spiro atoms. The van der Waals surface area contributed by atoms with Gasteiger partial charge in [-0.25, -0.2) is 4.79 Å². The van der Waals surface area contributed by atoms with E-state index >= 15 is 0 Å². The van der Waals surface area contributed by atoms with E-state index in [4.69, 9.17) is 4.74 Å². The van der Waals surface area contributed by atoms with Crippen molar-refractivity contribution >= 4 is 18.7 Å². The molecule has 0 aromatic carbocycles. The molecule has 0 aliphatic carbocycles. The minimum Gasteiger partial charge on any atom is -0.444 e. The van der Waals surface area contributed by atoms with Crippen LogP contribution in [0.3, 0.4) is 0 Å². The van der Waals surface area contributed by atoms with Crippen molar-refractivity contribution in [2.75, 3.05) is 13.1 Å². The number of nitrogens with zero attached hydrogens (tertiary/aromatic N) is 4. The molecule has 7 heteroatoms. The van der Waals surface area contributed by atoms with Crippen LogP contribution >= 0.6 is 12.6 Å². The molecule has 6 nitrogen and oxygen atoms in total. The number of carbonyl (C=O) groups excluding carboxylic acids is 1. The zero-order chi connectivity index (χ0) is 13.5. The molecular weight excluding hydrogens is 252 g/mol. The first kappa shape index (κ1) is 13.2. The Morgan fingerprint density at radius 3 is 2.44 bits per heavy atom. The van der Waals surface area contributed by atoms with E-state index in [9.17, 15) is 4.79 Å². The summed E-state index contributed by atoms with van der Waals surface area (Å²) < 4.78 is 7.12. The molecule has 1 aromatic rings. The summed E-state index contributed by atoms with van der Waals surface area (Å²) in [4.78, 5) is 13.4. The number of ether oxygens (including phenoxy) is 1. The van der Waals surface area contributed by atoms with Crippen molar-refractivity contribution in [2.24, 2.45) is 7.05 Å². The highest BCUT2D eigenvalue weighted by molar-refractivity contribution is 7.80. The molecule has 1 saturated heterocycles. The Morgan fingerprint density at radius 1 is 1.39 bits per heavy atom. The van der Waals surface area contributed by atoms with Gasteiger partial charge in [-0.05, 0) is 20.8 Å². The number of carbonyl (C=O) groups is 1. The monoisotopic (exact) mass is 270 g/mol. The van der Waals surface area contributed by atoms with Crippen molar-refractivity contribution < 1.29 is 9.53 Å². The van der Waals surface area contributed by atoms with E-state index in [1.165, 1.54) is 0 Å². The number of thiol groups is 1. The summed E-state index contributed by atoms with van der Waals surface area (Å²) >= 11 is 4.18. The highest BCUT2D eigenvalue weighted by Gasteiger charge is 2.37. The zero-order valence-electron chi connectivity index (χ0n) is 11.0. The molecule has 1 aliphatic heterocycles. The quantitative estimate of drug-likeness (QED) is 0.784. The van der Waals surface area contributed by atoms with Crippen LogP contribution in [0.15, 0.2) is 5.16 Å². The highest BCUT2D eigenvalue weighted by Crippen LogP contribution is 2.27. The number of hydrogen-bond donors (Lipinski definition) is 1. The SMILES string of the molecule is Cn1c(S)nnc1C1CN(C(=O)OC(C)(C)C)C1. The Balaban J connectivity index is 1.91. The summed E-state index contributed by atoms with van der Waals surface area (Å²) in [7, 11) is 1.87. The first-order valence-electron chi connectivity index (χ1n) is 5.84. The van der Waals surface area contributed by atoms with Gasteiger partial charge in [0.05, 0.1) is 5.92 Å². The van der Waals surface area contributed by atoms with Gasteiger partial charge in [-0.1, -0.05) is 0 Å². The Bertz CT molecular complexity index is 460. The summed E-state index contributed by atoms with van der Waals surface area (Å²) in [5.74, 6) is 1.08. The maximum absolute atomic E-state index is 11.8. The largest absolute Gasteiger partial charge is 0.444 e. The fourth-order valence-electron chi connectivity index (χ4n) is 1.81. The van der Waals surface area contributed by atoms with Gasteiger partial charge in [0, 0.05) is 20.1 Å². The lowest BCUT2D eigenvalue weighted by molar-refractivity contribution is 0.00723. The average Bonchev–Trinajstić information content (AvgIpc) is 2.44. The summed E-state index contributed by atoms with van der Waals surface area (Å²) in [6.45, 7) is 6.82. The molecular formula is C11H18N4O2S. The van der Waals surface area contributed by atoms with Crippen LogP contribution in [0.25, 0.3) is 0 Å². The Kier molecular flexibility index (Phi) is 3.27. The molecule has 0 N–H and O–H groups in total. The van der Waals surface area contributed by atoms with E-state index in [0.29, 0.717) is 18.2 Å². The lowest BCUT2D eigenvalue weighted by Crippen LogP contribution is -2.50. The van der Waals surface area contributed by atoms with Gasteiger partial charge in [-0.2, -0.15) is 0 Å². The second kappa shape index (κ2) is 4.46. The van der Waals surface area contributed by atoms with E-state index < -0.39 is 5.60 Å². The standard InChI is InChI=1S/C11H18N4O2S/c1-11(2,3)17-10(16)15-5-7(6-15)8-12-13-9(18)14(8)4/h7H,5-6H2,1-4H3,(H,13,18). The van der Waals surface area contributed by atoms with E-state index in [1.807, 2.05) is 32.4 Å². The van der Waals surface area contributed by atoms with Crippen LogP contribution in [0.4, 0.5) is 4.79 Å². The highest BCUT2D eigenvalue weighted by atomic mass is 32.1. The predicted molar refractivity (Wildman–Crippen MR) is 68.8 cm³/mol.